The lowest BCUT2D eigenvalue weighted by atomic mass is 10.1. The van der Waals surface area contributed by atoms with Crippen molar-refractivity contribution in [3.05, 3.63) is 34.7 Å². The van der Waals surface area contributed by atoms with E-state index in [9.17, 15) is 14.4 Å². The molecule has 0 aliphatic carbocycles. The number of ether oxygens (including phenoxy) is 1. The molecular formula is C16H18N2O5. The van der Waals surface area contributed by atoms with Gasteiger partial charge in [-0.1, -0.05) is 19.1 Å². The van der Waals surface area contributed by atoms with Crippen LogP contribution in [0.1, 0.15) is 19.8 Å². The van der Waals surface area contributed by atoms with Gasteiger partial charge in [0, 0.05) is 11.9 Å². The van der Waals surface area contributed by atoms with Gasteiger partial charge in [-0.2, -0.15) is 0 Å². The zero-order valence-electron chi connectivity index (χ0n) is 13.0. The molecule has 7 nitrogen and oxygen atoms in total. The summed E-state index contributed by atoms with van der Waals surface area (Å²) in [5.41, 5.74) is 0.213. The molecule has 0 saturated heterocycles. The number of carbonyl (C=O) groups excluding carboxylic acids is 2. The number of benzene rings is 1. The van der Waals surface area contributed by atoms with Gasteiger partial charge in [-0.15, -0.1) is 0 Å². The highest BCUT2D eigenvalue weighted by molar-refractivity contribution is 6.06. The lowest BCUT2D eigenvalue weighted by Gasteiger charge is -2.13. The van der Waals surface area contributed by atoms with E-state index in [-0.39, 0.29) is 5.69 Å². The molecular weight excluding hydrogens is 300 g/mol. The Balaban J connectivity index is 2.44. The second-order valence-corrected chi connectivity index (χ2v) is 4.86. The maximum absolute atomic E-state index is 12.2. The van der Waals surface area contributed by atoms with E-state index in [1.165, 1.54) is 7.11 Å². The molecule has 122 valence electrons. The normalized spacial score (nSPS) is 10.3. The molecule has 0 aliphatic heterocycles. The third-order valence-corrected chi connectivity index (χ3v) is 3.16. The highest BCUT2D eigenvalue weighted by Gasteiger charge is 2.18. The quantitative estimate of drug-likeness (QED) is 0.481. The van der Waals surface area contributed by atoms with Gasteiger partial charge in [0.05, 0.1) is 12.8 Å². The first-order chi connectivity index (χ1) is 11.1. The number of nitrogens with one attached hydrogen (secondary N) is 2. The molecule has 0 radical (unpaired) electrons. The lowest BCUT2D eigenvalue weighted by Crippen LogP contribution is -2.22. The highest BCUT2D eigenvalue weighted by atomic mass is 16.5. The molecule has 0 unspecified atom stereocenters. The predicted octanol–water partition coefficient (Wildman–Crippen LogP) is 2.12. The molecule has 0 saturated carbocycles. The van der Waals surface area contributed by atoms with Crippen LogP contribution in [0.5, 0.6) is 0 Å². The number of hydrogen-bond donors (Lipinski definition) is 2. The van der Waals surface area contributed by atoms with Crippen LogP contribution in [0.2, 0.25) is 0 Å². The van der Waals surface area contributed by atoms with Gasteiger partial charge >= 0.3 is 11.6 Å². The van der Waals surface area contributed by atoms with Crippen molar-refractivity contribution < 1.29 is 18.7 Å². The first-order valence-corrected chi connectivity index (χ1v) is 7.23. The number of para-hydroxylation sites is 1. The van der Waals surface area contributed by atoms with Crippen LogP contribution in [0.15, 0.2) is 33.5 Å². The number of carbonyl (C=O) groups is 2. The number of fused-ring (bicyclic) bond motifs is 1. The molecule has 0 fully saturated rings. The first-order valence-electron chi connectivity index (χ1n) is 7.23. The van der Waals surface area contributed by atoms with Crippen molar-refractivity contribution in [1.29, 1.82) is 0 Å². The molecule has 1 heterocycles. The van der Waals surface area contributed by atoms with Crippen molar-refractivity contribution in [1.82, 2.24) is 0 Å². The summed E-state index contributed by atoms with van der Waals surface area (Å²) in [6.07, 6.45) is 0.361. The molecule has 23 heavy (non-hydrogen) atoms. The van der Waals surface area contributed by atoms with Gasteiger partial charge < -0.3 is 19.8 Å². The van der Waals surface area contributed by atoms with E-state index in [1.807, 2.05) is 6.92 Å². The molecule has 0 aliphatic rings. The Hall–Kier alpha value is -2.83. The zero-order valence-corrected chi connectivity index (χ0v) is 13.0. The molecule has 1 aromatic carbocycles. The Morgan fingerprint density at radius 2 is 1.96 bits per heavy atom. The van der Waals surface area contributed by atoms with Crippen molar-refractivity contribution in [3.63, 3.8) is 0 Å². The molecule has 2 N–H and O–H groups in total. The monoisotopic (exact) mass is 318 g/mol. The fraction of sp³-hybridized carbons (Fsp3) is 0.312. The number of rotatable bonds is 6. The minimum Gasteiger partial charge on any atom is -0.469 e. The largest absolute Gasteiger partial charge is 0.469 e. The third kappa shape index (κ3) is 3.88. The van der Waals surface area contributed by atoms with E-state index in [0.29, 0.717) is 23.2 Å². The van der Waals surface area contributed by atoms with Crippen molar-refractivity contribution >= 4 is 34.2 Å². The minimum atomic E-state index is -0.684. The van der Waals surface area contributed by atoms with Gasteiger partial charge in [0.2, 0.25) is 5.91 Å². The van der Waals surface area contributed by atoms with E-state index < -0.39 is 23.9 Å². The third-order valence-electron chi connectivity index (χ3n) is 3.16. The summed E-state index contributed by atoms with van der Waals surface area (Å²) in [5.74, 6) is -1.32. The van der Waals surface area contributed by atoms with Gasteiger partial charge in [-0.05, 0) is 18.6 Å². The summed E-state index contributed by atoms with van der Waals surface area (Å²) < 4.78 is 9.66. The molecule has 2 rings (SSSR count). The van der Waals surface area contributed by atoms with Crippen LogP contribution < -0.4 is 16.3 Å². The van der Waals surface area contributed by atoms with Crippen LogP contribution >= 0.6 is 0 Å². The maximum Gasteiger partial charge on any atom is 0.362 e. The van der Waals surface area contributed by atoms with Gasteiger partial charge in [0.25, 0.3) is 0 Å². The highest BCUT2D eigenvalue weighted by Crippen LogP contribution is 2.28. The number of anilines is 2. The summed E-state index contributed by atoms with van der Waals surface area (Å²) in [4.78, 5) is 35.2. The van der Waals surface area contributed by atoms with Crippen LogP contribution in [0.3, 0.4) is 0 Å². The van der Waals surface area contributed by atoms with Gasteiger partial charge in [-0.25, -0.2) is 4.79 Å². The average molecular weight is 318 g/mol. The summed E-state index contributed by atoms with van der Waals surface area (Å²) in [7, 11) is 1.19. The second-order valence-electron chi connectivity index (χ2n) is 4.86. The van der Waals surface area contributed by atoms with Crippen molar-refractivity contribution in [2.24, 2.45) is 0 Å². The number of hydrogen-bond acceptors (Lipinski definition) is 6. The predicted molar refractivity (Wildman–Crippen MR) is 86.5 cm³/mol. The van der Waals surface area contributed by atoms with Crippen molar-refractivity contribution in [3.8, 4) is 0 Å². The van der Waals surface area contributed by atoms with Crippen molar-refractivity contribution in [2.75, 3.05) is 24.3 Å². The van der Waals surface area contributed by atoms with E-state index in [2.05, 4.69) is 15.4 Å². The SMILES string of the molecule is CCCNc1c(NC(=O)CC(=O)OC)c(=O)oc2ccccc12. The van der Waals surface area contributed by atoms with Crippen LogP contribution in [0.4, 0.5) is 11.4 Å². The Morgan fingerprint density at radius 1 is 1.22 bits per heavy atom. The van der Waals surface area contributed by atoms with E-state index in [4.69, 9.17) is 4.42 Å². The number of amides is 1. The summed E-state index contributed by atoms with van der Waals surface area (Å²) in [6.45, 7) is 2.60. The smallest absolute Gasteiger partial charge is 0.362 e. The molecule has 2 aromatic rings. The lowest BCUT2D eigenvalue weighted by molar-refractivity contribution is -0.142. The van der Waals surface area contributed by atoms with Gasteiger partial charge in [0.15, 0.2) is 5.69 Å². The minimum absolute atomic E-state index is 0.00828. The number of methoxy groups -OCH3 is 1. The Labute approximate surface area is 132 Å². The van der Waals surface area contributed by atoms with Gasteiger partial charge in [-0.3, -0.25) is 9.59 Å². The standard InChI is InChI=1S/C16H18N2O5/c1-3-8-17-14-10-6-4-5-7-11(10)23-16(21)15(14)18-12(19)9-13(20)22-2/h4-7,17H,3,8-9H2,1-2H3,(H,18,19). The van der Waals surface area contributed by atoms with Crippen LogP contribution in [-0.4, -0.2) is 25.5 Å². The first kappa shape index (κ1) is 16.5. The Bertz CT molecular complexity index is 782. The average Bonchev–Trinajstić information content (AvgIpc) is 2.54. The fourth-order valence-electron chi connectivity index (χ4n) is 2.08. The van der Waals surface area contributed by atoms with Gasteiger partial charge in [0.1, 0.15) is 12.0 Å². The molecule has 0 atom stereocenters. The summed E-state index contributed by atoms with van der Waals surface area (Å²) in [5, 5.41) is 6.24. The van der Waals surface area contributed by atoms with Crippen molar-refractivity contribution in [2.45, 2.75) is 19.8 Å². The molecule has 1 aromatic heterocycles. The second kappa shape index (κ2) is 7.44. The summed E-state index contributed by atoms with van der Waals surface area (Å²) in [6, 6.07) is 7.02. The topological polar surface area (TPSA) is 97.6 Å². The molecule has 0 bridgehead atoms. The Kier molecular flexibility index (Phi) is 5.35. The number of esters is 1. The molecule has 7 heteroatoms. The van der Waals surface area contributed by atoms with E-state index in [1.54, 1.807) is 24.3 Å². The molecule has 0 spiro atoms. The van der Waals surface area contributed by atoms with E-state index in [0.717, 1.165) is 6.42 Å². The van der Waals surface area contributed by atoms with E-state index >= 15 is 0 Å². The van der Waals surface area contributed by atoms with Crippen LogP contribution in [0.25, 0.3) is 11.0 Å². The zero-order chi connectivity index (χ0) is 16.8. The molecule has 1 amide bonds. The Morgan fingerprint density at radius 3 is 2.65 bits per heavy atom. The summed E-state index contributed by atoms with van der Waals surface area (Å²) >= 11 is 0. The fourth-order valence-corrected chi connectivity index (χ4v) is 2.08. The van der Waals surface area contributed by atoms with Crippen LogP contribution in [0, 0.1) is 0 Å². The maximum atomic E-state index is 12.2. The van der Waals surface area contributed by atoms with Crippen LogP contribution in [-0.2, 0) is 14.3 Å².